The van der Waals surface area contributed by atoms with Gasteiger partial charge < -0.3 is 14.8 Å². The van der Waals surface area contributed by atoms with Crippen LogP contribution in [0.1, 0.15) is 12.0 Å². The van der Waals surface area contributed by atoms with Crippen LogP contribution >= 0.6 is 0 Å². The molecule has 4 nitrogen and oxygen atoms in total. The van der Waals surface area contributed by atoms with Crippen molar-refractivity contribution in [3.8, 4) is 0 Å². The monoisotopic (exact) mass is 249 g/mol. The summed E-state index contributed by atoms with van der Waals surface area (Å²) in [5.41, 5.74) is 2.13. The zero-order valence-corrected chi connectivity index (χ0v) is 10.8. The lowest BCUT2D eigenvalue weighted by Gasteiger charge is -2.22. The minimum absolute atomic E-state index is 0.179. The van der Waals surface area contributed by atoms with Crippen molar-refractivity contribution in [2.45, 2.75) is 19.4 Å². The first kappa shape index (κ1) is 12.9. The van der Waals surface area contributed by atoms with Gasteiger partial charge in [-0.3, -0.25) is 0 Å². The topological polar surface area (TPSA) is 47.6 Å². The van der Waals surface area contributed by atoms with Gasteiger partial charge in [0.15, 0.2) is 0 Å². The molecule has 0 saturated carbocycles. The SMILES string of the molecule is COC(=O)C(Nc1ccc(C)cc1)C1CCOC1. The highest BCUT2D eigenvalue weighted by molar-refractivity contribution is 5.79. The Morgan fingerprint density at radius 2 is 2.17 bits per heavy atom. The number of ether oxygens (including phenoxy) is 2. The highest BCUT2D eigenvalue weighted by Crippen LogP contribution is 2.21. The third-order valence-electron chi connectivity index (χ3n) is 3.27. The molecule has 1 N–H and O–H groups in total. The number of hydrogen-bond acceptors (Lipinski definition) is 4. The van der Waals surface area contributed by atoms with Gasteiger partial charge in [-0.05, 0) is 25.5 Å². The van der Waals surface area contributed by atoms with Crippen molar-refractivity contribution < 1.29 is 14.3 Å². The van der Waals surface area contributed by atoms with E-state index in [1.165, 1.54) is 12.7 Å². The Kier molecular flexibility index (Phi) is 4.20. The van der Waals surface area contributed by atoms with E-state index in [2.05, 4.69) is 5.32 Å². The molecule has 18 heavy (non-hydrogen) atoms. The van der Waals surface area contributed by atoms with Gasteiger partial charge in [-0.1, -0.05) is 17.7 Å². The number of rotatable bonds is 4. The van der Waals surface area contributed by atoms with Crippen LogP contribution in [-0.4, -0.2) is 32.3 Å². The van der Waals surface area contributed by atoms with Crippen molar-refractivity contribution >= 4 is 11.7 Å². The van der Waals surface area contributed by atoms with Crippen LogP contribution in [0.25, 0.3) is 0 Å². The molecule has 2 rings (SSSR count). The fourth-order valence-electron chi connectivity index (χ4n) is 2.14. The average molecular weight is 249 g/mol. The van der Waals surface area contributed by atoms with Crippen molar-refractivity contribution in [1.82, 2.24) is 0 Å². The number of hydrogen-bond donors (Lipinski definition) is 1. The van der Waals surface area contributed by atoms with Gasteiger partial charge in [-0.2, -0.15) is 0 Å². The maximum atomic E-state index is 11.8. The van der Waals surface area contributed by atoms with E-state index in [0.717, 1.165) is 12.1 Å². The van der Waals surface area contributed by atoms with Crippen molar-refractivity contribution in [2.75, 3.05) is 25.6 Å². The summed E-state index contributed by atoms with van der Waals surface area (Å²) in [6.07, 6.45) is 0.888. The third kappa shape index (κ3) is 3.01. The van der Waals surface area contributed by atoms with Crippen LogP contribution < -0.4 is 5.32 Å². The fourth-order valence-corrected chi connectivity index (χ4v) is 2.14. The number of carbonyl (C=O) groups is 1. The molecule has 4 heteroatoms. The quantitative estimate of drug-likeness (QED) is 0.829. The summed E-state index contributed by atoms with van der Waals surface area (Å²) < 4.78 is 10.2. The van der Waals surface area contributed by atoms with E-state index in [1.807, 2.05) is 31.2 Å². The summed E-state index contributed by atoms with van der Waals surface area (Å²) in [7, 11) is 1.42. The molecule has 1 aromatic rings. The molecule has 0 spiro atoms. The summed E-state index contributed by atoms with van der Waals surface area (Å²) >= 11 is 0. The molecular formula is C14H19NO3. The van der Waals surface area contributed by atoms with Gasteiger partial charge in [-0.25, -0.2) is 4.79 Å². The summed E-state index contributed by atoms with van der Waals surface area (Å²) in [5, 5.41) is 3.24. The second-order valence-electron chi connectivity index (χ2n) is 4.63. The van der Waals surface area contributed by atoms with E-state index < -0.39 is 0 Å². The Morgan fingerprint density at radius 3 is 2.72 bits per heavy atom. The van der Waals surface area contributed by atoms with Crippen molar-refractivity contribution in [3.63, 3.8) is 0 Å². The lowest BCUT2D eigenvalue weighted by atomic mass is 9.98. The molecule has 0 amide bonds. The van der Waals surface area contributed by atoms with Crippen molar-refractivity contribution in [1.29, 1.82) is 0 Å². The zero-order chi connectivity index (χ0) is 13.0. The predicted molar refractivity (Wildman–Crippen MR) is 69.5 cm³/mol. The number of anilines is 1. The largest absolute Gasteiger partial charge is 0.467 e. The van der Waals surface area contributed by atoms with Gasteiger partial charge in [0.1, 0.15) is 6.04 Å². The molecule has 1 heterocycles. The van der Waals surface area contributed by atoms with E-state index in [4.69, 9.17) is 9.47 Å². The third-order valence-corrected chi connectivity index (χ3v) is 3.27. The van der Waals surface area contributed by atoms with E-state index in [0.29, 0.717) is 13.2 Å². The van der Waals surface area contributed by atoms with Gasteiger partial charge >= 0.3 is 5.97 Å². The molecule has 0 bridgehead atoms. The van der Waals surface area contributed by atoms with Crippen molar-refractivity contribution in [3.05, 3.63) is 29.8 Å². The number of benzene rings is 1. The van der Waals surface area contributed by atoms with Crippen LogP contribution in [0.15, 0.2) is 24.3 Å². The first-order chi connectivity index (χ1) is 8.70. The summed E-state index contributed by atoms with van der Waals surface area (Å²) in [4.78, 5) is 11.8. The van der Waals surface area contributed by atoms with Crippen LogP contribution in [-0.2, 0) is 14.3 Å². The molecule has 1 fully saturated rings. The van der Waals surface area contributed by atoms with Crippen LogP contribution in [0, 0.1) is 12.8 Å². The van der Waals surface area contributed by atoms with E-state index in [1.54, 1.807) is 0 Å². The number of aryl methyl sites for hydroxylation is 1. The number of esters is 1. The minimum Gasteiger partial charge on any atom is -0.467 e. The van der Waals surface area contributed by atoms with Crippen LogP contribution in [0.2, 0.25) is 0 Å². The maximum Gasteiger partial charge on any atom is 0.328 e. The summed E-state index contributed by atoms with van der Waals surface area (Å²) in [6, 6.07) is 7.64. The zero-order valence-electron chi connectivity index (χ0n) is 10.8. The summed E-state index contributed by atoms with van der Waals surface area (Å²) in [5.74, 6) is -0.0511. The van der Waals surface area contributed by atoms with Crippen LogP contribution in [0.4, 0.5) is 5.69 Å². The molecule has 1 saturated heterocycles. The second-order valence-corrected chi connectivity index (χ2v) is 4.63. The predicted octanol–water partition coefficient (Wildman–Crippen LogP) is 1.99. The number of methoxy groups -OCH3 is 1. The van der Waals surface area contributed by atoms with Gasteiger partial charge in [0.25, 0.3) is 0 Å². The molecule has 2 atom stereocenters. The highest BCUT2D eigenvalue weighted by atomic mass is 16.5. The molecule has 1 aliphatic heterocycles. The molecule has 0 aliphatic carbocycles. The lowest BCUT2D eigenvalue weighted by molar-refractivity contribution is -0.142. The Bertz CT molecular complexity index is 396. The van der Waals surface area contributed by atoms with Gasteiger partial charge in [0.2, 0.25) is 0 Å². The van der Waals surface area contributed by atoms with Gasteiger partial charge in [0.05, 0.1) is 13.7 Å². The van der Waals surface area contributed by atoms with Crippen LogP contribution in [0.5, 0.6) is 0 Å². The molecular weight excluding hydrogens is 230 g/mol. The molecule has 1 aliphatic rings. The highest BCUT2D eigenvalue weighted by Gasteiger charge is 2.32. The van der Waals surface area contributed by atoms with E-state index >= 15 is 0 Å². The first-order valence-corrected chi connectivity index (χ1v) is 6.19. The van der Waals surface area contributed by atoms with Gasteiger partial charge in [0, 0.05) is 18.2 Å². The Morgan fingerprint density at radius 1 is 1.44 bits per heavy atom. The average Bonchev–Trinajstić information content (AvgIpc) is 2.91. The number of carbonyl (C=O) groups excluding carboxylic acids is 1. The normalized spacial score (nSPS) is 20.4. The molecule has 98 valence electrons. The second kappa shape index (κ2) is 5.87. The molecule has 1 aromatic carbocycles. The van der Waals surface area contributed by atoms with E-state index in [-0.39, 0.29) is 17.9 Å². The van der Waals surface area contributed by atoms with Gasteiger partial charge in [-0.15, -0.1) is 0 Å². The molecule has 0 aromatic heterocycles. The fraction of sp³-hybridized carbons (Fsp3) is 0.500. The lowest BCUT2D eigenvalue weighted by Crippen LogP contribution is -2.38. The first-order valence-electron chi connectivity index (χ1n) is 6.19. The summed E-state index contributed by atoms with van der Waals surface area (Å²) in [6.45, 7) is 3.36. The Balaban J connectivity index is 2.09. The molecule has 2 unspecified atom stereocenters. The molecule has 0 radical (unpaired) electrons. The van der Waals surface area contributed by atoms with Crippen LogP contribution in [0.3, 0.4) is 0 Å². The Labute approximate surface area is 107 Å². The van der Waals surface area contributed by atoms with Crippen molar-refractivity contribution in [2.24, 2.45) is 5.92 Å². The standard InChI is InChI=1S/C14H19NO3/c1-10-3-5-12(6-4-10)15-13(14(16)17-2)11-7-8-18-9-11/h3-6,11,13,15H,7-9H2,1-2H3. The Hall–Kier alpha value is -1.55. The smallest absolute Gasteiger partial charge is 0.328 e. The number of nitrogens with one attached hydrogen (secondary N) is 1. The van der Waals surface area contributed by atoms with E-state index in [9.17, 15) is 4.79 Å². The minimum atomic E-state index is -0.333. The maximum absolute atomic E-state index is 11.8.